The van der Waals surface area contributed by atoms with Crippen molar-refractivity contribution in [3.05, 3.63) is 62.8 Å². The Bertz CT molecular complexity index is 1400. The van der Waals surface area contributed by atoms with Gasteiger partial charge >= 0.3 is 0 Å². The maximum absolute atomic E-state index is 12.9. The highest BCUT2D eigenvalue weighted by Gasteiger charge is 2.29. The number of nitriles is 1. The molecule has 0 spiro atoms. The van der Waals surface area contributed by atoms with Gasteiger partial charge in [0.15, 0.2) is 0 Å². The van der Waals surface area contributed by atoms with Crippen molar-refractivity contribution in [1.82, 2.24) is 29.8 Å². The van der Waals surface area contributed by atoms with E-state index in [0.29, 0.717) is 0 Å². The number of nitrogens with zero attached hydrogens (tertiary/aromatic N) is 6. The smallest absolute Gasteiger partial charge is 0.270 e. The van der Waals surface area contributed by atoms with Gasteiger partial charge in [-0.2, -0.15) is 5.26 Å². The molecule has 182 valence electrons. The lowest BCUT2D eigenvalue weighted by Crippen LogP contribution is -2.53. The topological polar surface area (TPSA) is 92.5 Å². The molecule has 1 atom stereocenters. The van der Waals surface area contributed by atoms with Crippen molar-refractivity contribution in [3.8, 4) is 6.07 Å². The van der Waals surface area contributed by atoms with Crippen LogP contribution in [0.5, 0.6) is 0 Å². The van der Waals surface area contributed by atoms with Crippen LogP contribution >= 0.6 is 23.3 Å². The average molecular weight is 509 g/mol. The Morgan fingerprint density at radius 3 is 2.80 bits per heavy atom. The number of para-hydroxylation sites is 1. The van der Waals surface area contributed by atoms with E-state index in [1.165, 1.54) is 4.21 Å². The molecule has 9 nitrogen and oxygen atoms in total. The maximum atomic E-state index is 12.9. The number of rotatable bonds is 5. The van der Waals surface area contributed by atoms with Crippen molar-refractivity contribution in [2.24, 2.45) is 7.05 Å². The maximum Gasteiger partial charge on any atom is 0.270 e. The first-order chi connectivity index (χ1) is 16.9. The van der Waals surface area contributed by atoms with Gasteiger partial charge in [0.2, 0.25) is 0 Å². The number of benzene rings is 1. The average Bonchev–Trinajstić information content (AvgIpc) is 3.41. The fourth-order valence-corrected chi connectivity index (χ4v) is 6.80. The molecule has 0 radical (unpaired) electrons. The molecule has 35 heavy (non-hydrogen) atoms. The van der Waals surface area contributed by atoms with E-state index in [-0.39, 0.29) is 17.2 Å². The molecule has 1 unspecified atom stereocenters. The minimum Gasteiger partial charge on any atom is -0.364 e. The van der Waals surface area contributed by atoms with E-state index in [2.05, 4.69) is 44.9 Å². The van der Waals surface area contributed by atoms with Crippen LogP contribution < -0.4 is 21.4 Å². The van der Waals surface area contributed by atoms with Gasteiger partial charge in [-0.3, -0.25) is 9.69 Å². The third-order valence-electron chi connectivity index (χ3n) is 6.42. The minimum atomic E-state index is -0.244. The van der Waals surface area contributed by atoms with E-state index in [0.717, 1.165) is 59.2 Å². The van der Waals surface area contributed by atoms with Crippen LogP contribution in [0.25, 0.3) is 10.9 Å². The number of fused-ring (bicyclic) bond motifs is 1. The van der Waals surface area contributed by atoms with Gasteiger partial charge in [0.1, 0.15) is 15.8 Å². The Kier molecular flexibility index (Phi) is 6.46. The summed E-state index contributed by atoms with van der Waals surface area (Å²) in [5.41, 5.74) is 10.2. The SMILES string of the molecule is Cc1nc(C)c(SN2C=C(CN3CCN(c4c(C#N)c(=O)n(C)c5ccccc45)C(C)C3)NN2)s1. The number of pyridine rings is 1. The largest absolute Gasteiger partial charge is 0.364 e. The van der Waals surface area contributed by atoms with Gasteiger partial charge in [-0.15, -0.1) is 16.9 Å². The number of thiazole rings is 1. The normalized spacial score (nSPS) is 18.6. The van der Waals surface area contributed by atoms with Crippen molar-refractivity contribution < 1.29 is 0 Å². The fourth-order valence-electron chi connectivity index (χ4n) is 4.78. The summed E-state index contributed by atoms with van der Waals surface area (Å²) < 4.78 is 4.72. The molecule has 1 fully saturated rings. The number of aromatic nitrogens is 2. The van der Waals surface area contributed by atoms with Gasteiger partial charge in [-0.05, 0) is 26.8 Å². The second-order valence-electron chi connectivity index (χ2n) is 8.91. The van der Waals surface area contributed by atoms with E-state index in [4.69, 9.17) is 0 Å². The van der Waals surface area contributed by atoms with Crippen LogP contribution in [-0.4, -0.2) is 51.1 Å². The molecule has 2 aliphatic rings. The molecule has 5 rings (SSSR count). The summed E-state index contributed by atoms with van der Waals surface area (Å²) in [6, 6.07) is 10.2. The summed E-state index contributed by atoms with van der Waals surface area (Å²) in [4.78, 5) is 22.1. The zero-order chi connectivity index (χ0) is 24.7. The van der Waals surface area contributed by atoms with Crippen LogP contribution in [0.1, 0.15) is 23.2 Å². The van der Waals surface area contributed by atoms with Gasteiger partial charge in [-0.1, -0.05) is 18.2 Å². The highest BCUT2D eigenvalue weighted by molar-refractivity contribution is 7.99. The molecule has 0 bridgehead atoms. The zero-order valence-electron chi connectivity index (χ0n) is 20.2. The standard InChI is InChI=1S/C24H28N8OS2/c1-15-12-30(13-18-14-32(28-27-18)35-24-16(2)26-17(3)34-24)9-10-31(15)22-19-7-5-6-8-21(19)29(4)23(33)20(22)11-25/h5-8,14-15,27-28H,9-10,12-13H2,1-4H3. The first kappa shape index (κ1) is 23.7. The molecular weight excluding hydrogens is 480 g/mol. The first-order valence-electron chi connectivity index (χ1n) is 11.5. The highest BCUT2D eigenvalue weighted by atomic mass is 32.2. The zero-order valence-corrected chi connectivity index (χ0v) is 21.8. The van der Waals surface area contributed by atoms with E-state index >= 15 is 0 Å². The van der Waals surface area contributed by atoms with Gasteiger partial charge in [-0.25, -0.2) is 9.40 Å². The van der Waals surface area contributed by atoms with Crippen LogP contribution in [0.15, 0.2) is 45.2 Å². The number of anilines is 1. The quantitative estimate of drug-likeness (QED) is 0.505. The molecule has 1 saturated heterocycles. The van der Waals surface area contributed by atoms with Gasteiger partial charge in [0.25, 0.3) is 5.56 Å². The Hall–Kier alpha value is -3.04. The third kappa shape index (κ3) is 4.50. The molecule has 2 aromatic heterocycles. The van der Waals surface area contributed by atoms with Crippen molar-refractivity contribution in [1.29, 1.82) is 5.26 Å². The second kappa shape index (κ2) is 9.54. The van der Waals surface area contributed by atoms with E-state index in [9.17, 15) is 10.1 Å². The van der Waals surface area contributed by atoms with Gasteiger partial charge < -0.3 is 14.9 Å². The molecule has 1 aromatic carbocycles. The van der Waals surface area contributed by atoms with Crippen molar-refractivity contribution in [2.45, 2.75) is 31.0 Å². The molecule has 4 heterocycles. The Balaban J connectivity index is 1.31. The predicted molar refractivity (Wildman–Crippen MR) is 141 cm³/mol. The van der Waals surface area contributed by atoms with Gasteiger partial charge in [0.05, 0.1) is 33.8 Å². The molecule has 0 saturated carbocycles. The predicted octanol–water partition coefficient (Wildman–Crippen LogP) is 2.87. The van der Waals surface area contributed by atoms with Crippen LogP contribution in [0, 0.1) is 25.2 Å². The number of hydrogen-bond donors (Lipinski definition) is 2. The number of hydrazine groups is 2. The summed E-state index contributed by atoms with van der Waals surface area (Å²) in [5, 5.41) is 11.9. The van der Waals surface area contributed by atoms with Crippen LogP contribution in [-0.2, 0) is 7.05 Å². The van der Waals surface area contributed by atoms with Crippen molar-refractivity contribution >= 4 is 39.9 Å². The molecule has 0 aliphatic carbocycles. The van der Waals surface area contributed by atoms with Gasteiger partial charge in [0, 0.05) is 56.6 Å². The molecule has 2 N–H and O–H groups in total. The number of piperazine rings is 1. The Morgan fingerprint density at radius 1 is 1.29 bits per heavy atom. The highest BCUT2D eigenvalue weighted by Crippen LogP contribution is 2.33. The number of hydrogen-bond acceptors (Lipinski definition) is 10. The number of aryl methyl sites for hydroxylation is 3. The van der Waals surface area contributed by atoms with Crippen molar-refractivity contribution in [2.75, 3.05) is 31.1 Å². The lowest BCUT2D eigenvalue weighted by molar-refractivity contribution is 0.242. The lowest BCUT2D eigenvalue weighted by atomic mass is 10.0. The molecule has 0 amide bonds. The van der Waals surface area contributed by atoms with E-state index < -0.39 is 0 Å². The molecule has 3 aromatic rings. The van der Waals surface area contributed by atoms with Crippen molar-refractivity contribution in [3.63, 3.8) is 0 Å². The summed E-state index contributed by atoms with van der Waals surface area (Å²) in [7, 11) is 1.73. The fraction of sp³-hybridized carbons (Fsp3) is 0.375. The molecular formula is C24H28N8OS2. The second-order valence-corrected chi connectivity index (χ2v) is 11.4. The van der Waals surface area contributed by atoms with E-state index in [1.807, 2.05) is 42.5 Å². The van der Waals surface area contributed by atoms with E-state index in [1.54, 1.807) is 34.9 Å². The first-order valence-corrected chi connectivity index (χ1v) is 13.1. The summed E-state index contributed by atoms with van der Waals surface area (Å²) in [6.45, 7) is 9.40. The summed E-state index contributed by atoms with van der Waals surface area (Å²) in [5.74, 6) is 0. The molecule has 11 heteroatoms. The van der Waals surface area contributed by atoms with Crippen LogP contribution in [0.2, 0.25) is 0 Å². The summed E-state index contributed by atoms with van der Waals surface area (Å²) >= 11 is 3.31. The molecule has 2 aliphatic heterocycles. The Labute approximate surface area is 212 Å². The van der Waals surface area contributed by atoms with Crippen LogP contribution in [0.3, 0.4) is 0 Å². The third-order valence-corrected chi connectivity index (χ3v) is 8.62. The Morgan fingerprint density at radius 2 is 2.09 bits per heavy atom. The summed E-state index contributed by atoms with van der Waals surface area (Å²) in [6.07, 6.45) is 2.08. The van der Waals surface area contributed by atoms with Crippen LogP contribution in [0.4, 0.5) is 5.69 Å². The monoisotopic (exact) mass is 508 g/mol. The lowest BCUT2D eigenvalue weighted by Gasteiger charge is -2.42. The minimum absolute atomic E-state index is 0.148. The number of nitrogens with one attached hydrogen (secondary N) is 2.